The highest BCUT2D eigenvalue weighted by molar-refractivity contribution is 5.69. The second-order valence-electron chi connectivity index (χ2n) is 15.4. The Morgan fingerprint density at radius 3 is 1.40 bits per heavy atom. The van der Waals surface area contributed by atoms with Gasteiger partial charge in [0.2, 0.25) is 0 Å². The van der Waals surface area contributed by atoms with Gasteiger partial charge in [-0.1, -0.05) is 161 Å². The predicted octanol–water partition coefficient (Wildman–Crippen LogP) is 11.1. The molecule has 0 radical (unpaired) electrons. The summed E-state index contributed by atoms with van der Waals surface area (Å²) in [5.41, 5.74) is 0. The first-order valence-electron chi connectivity index (χ1n) is 23.6. The molecule has 9 heteroatoms. The third-order valence-electron chi connectivity index (χ3n) is 9.87. The Hall–Kier alpha value is -3.41. The number of carbonyl (C=O) groups is 1. The Labute approximate surface area is 376 Å². The molecule has 0 aromatic rings. The van der Waals surface area contributed by atoms with Crippen molar-refractivity contribution in [2.45, 2.75) is 179 Å². The summed E-state index contributed by atoms with van der Waals surface area (Å²) in [6.45, 7) is 4.13. The van der Waals surface area contributed by atoms with E-state index in [1.807, 2.05) is 0 Å². The quantitative estimate of drug-likeness (QED) is 0.0272. The van der Waals surface area contributed by atoms with Crippen molar-refractivity contribution in [1.82, 2.24) is 0 Å². The van der Waals surface area contributed by atoms with Gasteiger partial charge in [-0.05, 0) is 96.3 Å². The highest BCUT2D eigenvalue weighted by atomic mass is 16.7. The largest absolute Gasteiger partial charge is 0.457 e. The Morgan fingerprint density at radius 2 is 0.935 bits per heavy atom. The van der Waals surface area contributed by atoms with Crippen LogP contribution in [-0.2, 0) is 23.7 Å². The SMILES string of the molecule is CC/C=C\C/C=C\C/C=C\C/C=C\C/C=C\C/C=C\CCCCCCCCC(=O)OC(COCCC/C=C\C/C=C\C/C=C\C/C=C\CC)COC1OC(CO)C(O)C(O)C1O. The van der Waals surface area contributed by atoms with Crippen LogP contribution < -0.4 is 0 Å². The van der Waals surface area contributed by atoms with Gasteiger partial charge in [0.15, 0.2) is 6.29 Å². The summed E-state index contributed by atoms with van der Waals surface area (Å²) in [5, 5.41) is 40.1. The van der Waals surface area contributed by atoms with Crippen LogP contribution in [0.3, 0.4) is 0 Å². The summed E-state index contributed by atoms with van der Waals surface area (Å²) >= 11 is 0. The average molecular weight is 865 g/mol. The van der Waals surface area contributed by atoms with Gasteiger partial charge < -0.3 is 39.4 Å². The lowest BCUT2D eigenvalue weighted by molar-refractivity contribution is -0.305. The van der Waals surface area contributed by atoms with Crippen LogP contribution in [-0.4, -0.2) is 89.6 Å². The molecule has 6 unspecified atom stereocenters. The van der Waals surface area contributed by atoms with E-state index in [1.165, 1.54) is 0 Å². The second-order valence-corrected chi connectivity index (χ2v) is 15.4. The van der Waals surface area contributed by atoms with Crippen molar-refractivity contribution in [3.05, 3.63) is 122 Å². The number of hydrogen-bond donors (Lipinski definition) is 4. The van der Waals surface area contributed by atoms with Crippen molar-refractivity contribution < 1.29 is 44.2 Å². The van der Waals surface area contributed by atoms with Gasteiger partial charge in [0, 0.05) is 13.0 Å². The molecule has 0 aromatic heterocycles. The van der Waals surface area contributed by atoms with Gasteiger partial charge in [-0.2, -0.15) is 0 Å². The molecular formula is C53H84O9. The molecule has 0 spiro atoms. The first-order chi connectivity index (χ1) is 30.4. The minimum atomic E-state index is -1.56. The van der Waals surface area contributed by atoms with E-state index in [4.69, 9.17) is 18.9 Å². The summed E-state index contributed by atoms with van der Waals surface area (Å²) < 4.78 is 22.7. The molecule has 9 nitrogen and oxygen atoms in total. The lowest BCUT2D eigenvalue weighted by atomic mass is 9.99. The molecule has 0 amide bonds. The third kappa shape index (κ3) is 33.2. The lowest BCUT2D eigenvalue weighted by Gasteiger charge is -2.39. The minimum absolute atomic E-state index is 0.0914. The Bertz CT molecular complexity index is 1350. The van der Waals surface area contributed by atoms with Crippen LogP contribution in [0, 0.1) is 0 Å². The summed E-state index contributed by atoms with van der Waals surface area (Å²) in [6.07, 6.45) is 55.2. The Morgan fingerprint density at radius 1 is 0.516 bits per heavy atom. The highest BCUT2D eigenvalue weighted by Gasteiger charge is 2.44. The van der Waals surface area contributed by atoms with E-state index in [1.54, 1.807) is 0 Å². The lowest BCUT2D eigenvalue weighted by Crippen LogP contribution is -2.59. The number of allylic oxidation sites excluding steroid dienone is 20. The maximum Gasteiger partial charge on any atom is 0.306 e. The molecule has 6 atom stereocenters. The molecular weight excluding hydrogens is 781 g/mol. The monoisotopic (exact) mass is 865 g/mol. The van der Waals surface area contributed by atoms with Crippen LogP contribution in [0.4, 0.5) is 0 Å². The Balaban J connectivity index is 2.28. The number of carbonyl (C=O) groups excluding carboxylic acids is 1. The van der Waals surface area contributed by atoms with Crippen molar-refractivity contribution >= 4 is 5.97 Å². The number of hydrogen-bond acceptors (Lipinski definition) is 9. The van der Waals surface area contributed by atoms with E-state index in [2.05, 4.69) is 135 Å². The summed E-state index contributed by atoms with van der Waals surface area (Å²) in [7, 11) is 0. The smallest absolute Gasteiger partial charge is 0.306 e. The zero-order valence-corrected chi connectivity index (χ0v) is 38.3. The van der Waals surface area contributed by atoms with E-state index in [9.17, 15) is 25.2 Å². The van der Waals surface area contributed by atoms with Crippen molar-refractivity contribution in [1.29, 1.82) is 0 Å². The molecule has 1 rings (SSSR count). The molecule has 1 aliphatic rings. The van der Waals surface area contributed by atoms with E-state index < -0.39 is 43.4 Å². The summed E-state index contributed by atoms with van der Waals surface area (Å²) in [6, 6.07) is 0. The van der Waals surface area contributed by atoms with Crippen LogP contribution in [0.5, 0.6) is 0 Å². The van der Waals surface area contributed by atoms with Crippen LogP contribution in [0.2, 0.25) is 0 Å². The van der Waals surface area contributed by atoms with Gasteiger partial charge in [-0.25, -0.2) is 0 Å². The number of aliphatic hydroxyl groups is 4. The van der Waals surface area contributed by atoms with Gasteiger partial charge in [-0.3, -0.25) is 4.79 Å². The number of esters is 1. The standard InChI is InChI=1S/C53H84O9/c1-3-5-7-9-11-13-15-17-19-20-21-22-23-24-25-26-27-28-29-30-32-34-36-38-40-42-49(55)61-47(46-60-53-52(58)51(57)50(56)48(44-54)62-53)45-59-43-41-39-37-35-33-31-18-16-14-12-10-8-6-4-2/h5-8,11-14,17-19,21-22,24-25,27-28,31,35,37,47-48,50-54,56-58H,3-4,9-10,15-16,20,23,26,29-30,32-34,36,38-46H2,1-2H3/b7-5-,8-6-,13-11-,14-12-,19-17-,22-21-,25-24-,28-27-,31-18-,37-35-. The topological polar surface area (TPSA) is 135 Å². The number of rotatable bonds is 38. The maximum atomic E-state index is 12.8. The van der Waals surface area contributed by atoms with E-state index >= 15 is 0 Å². The molecule has 0 saturated carbocycles. The van der Waals surface area contributed by atoms with Crippen molar-refractivity contribution in [3.8, 4) is 0 Å². The van der Waals surface area contributed by atoms with E-state index in [-0.39, 0.29) is 25.6 Å². The zero-order chi connectivity index (χ0) is 45.0. The van der Waals surface area contributed by atoms with Crippen LogP contribution >= 0.6 is 0 Å². The van der Waals surface area contributed by atoms with Crippen molar-refractivity contribution in [2.24, 2.45) is 0 Å². The van der Waals surface area contributed by atoms with Crippen LogP contribution in [0.1, 0.15) is 142 Å². The molecule has 0 bridgehead atoms. The molecule has 0 aliphatic carbocycles. The molecule has 4 N–H and O–H groups in total. The highest BCUT2D eigenvalue weighted by Crippen LogP contribution is 2.22. The van der Waals surface area contributed by atoms with Gasteiger partial charge in [-0.15, -0.1) is 0 Å². The van der Waals surface area contributed by atoms with E-state index in [0.29, 0.717) is 6.61 Å². The first-order valence-corrected chi connectivity index (χ1v) is 23.6. The molecule has 350 valence electrons. The fraction of sp³-hybridized carbons (Fsp3) is 0.604. The Kier molecular flexibility index (Phi) is 39.1. The zero-order valence-electron chi connectivity index (χ0n) is 38.3. The van der Waals surface area contributed by atoms with E-state index in [0.717, 1.165) is 122 Å². The number of ether oxygens (including phenoxy) is 4. The maximum absolute atomic E-state index is 12.8. The summed E-state index contributed by atoms with van der Waals surface area (Å²) in [5.74, 6) is -0.353. The molecule has 0 aromatic carbocycles. The van der Waals surface area contributed by atoms with Crippen molar-refractivity contribution in [2.75, 3.05) is 26.4 Å². The molecule has 62 heavy (non-hydrogen) atoms. The molecule has 1 aliphatic heterocycles. The molecule has 1 saturated heterocycles. The number of aliphatic hydroxyl groups excluding tert-OH is 4. The van der Waals surface area contributed by atoms with Gasteiger partial charge in [0.25, 0.3) is 0 Å². The normalized spacial score (nSPS) is 20.9. The first kappa shape index (κ1) is 56.6. The predicted molar refractivity (Wildman–Crippen MR) is 256 cm³/mol. The summed E-state index contributed by atoms with van der Waals surface area (Å²) in [4.78, 5) is 12.8. The average Bonchev–Trinajstić information content (AvgIpc) is 3.27. The third-order valence-corrected chi connectivity index (χ3v) is 9.87. The minimum Gasteiger partial charge on any atom is -0.457 e. The molecule has 1 fully saturated rings. The second kappa shape index (κ2) is 42.9. The fourth-order valence-electron chi connectivity index (χ4n) is 6.26. The van der Waals surface area contributed by atoms with Crippen molar-refractivity contribution in [3.63, 3.8) is 0 Å². The van der Waals surface area contributed by atoms with Gasteiger partial charge in [0.1, 0.15) is 30.5 Å². The molecule has 1 heterocycles. The van der Waals surface area contributed by atoms with Crippen LogP contribution in [0.25, 0.3) is 0 Å². The van der Waals surface area contributed by atoms with Gasteiger partial charge >= 0.3 is 5.97 Å². The van der Waals surface area contributed by atoms with Crippen LogP contribution in [0.15, 0.2) is 122 Å². The van der Waals surface area contributed by atoms with Gasteiger partial charge in [0.05, 0.1) is 19.8 Å². The fourth-order valence-corrected chi connectivity index (χ4v) is 6.26. The number of unbranched alkanes of at least 4 members (excludes halogenated alkanes) is 7.